The van der Waals surface area contributed by atoms with E-state index in [0.29, 0.717) is 0 Å². The molecule has 0 fully saturated rings. The first-order valence-corrected chi connectivity index (χ1v) is 4.31. The maximum atomic E-state index is 11.0. The van der Waals surface area contributed by atoms with Crippen LogP contribution in [0.4, 0.5) is 0 Å². The van der Waals surface area contributed by atoms with Gasteiger partial charge in [0.05, 0.1) is 0 Å². The summed E-state index contributed by atoms with van der Waals surface area (Å²) < 4.78 is 0. The van der Waals surface area contributed by atoms with Crippen molar-refractivity contribution in [3.8, 4) is 0 Å². The molecule has 0 saturated carbocycles. The predicted octanol–water partition coefficient (Wildman–Crippen LogP) is 3.06. The van der Waals surface area contributed by atoms with Crippen molar-refractivity contribution in [1.82, 2.24) is 4.90 Å². The van der Waals surface area contributed by atoms with E-state index in [-0.39, 0.29) is 44.0 Å². The van der Waals surface area contributed by atoms with Crippen molar-refractivity contribution < 1.29 is 37.5 Å². The van der Waals surface area contributed by atoms with Gasteiger partial charge in [-0.25, -0.2) is 0 Å². The molecule has 0 aromatic heterocycles. The SMILES string of the molecule is C[C-](C)C.[CH2-]N([CH2-])C(=O)C(C)(C)C.[Y+3]. The van der Waals surface area contributed by atoms with Gasteiger partial charge in [-0.3, -0.25) is 18.9 Å². The Morgan fingerprint density at radius 3 is 1.36 bits per heavy atom. The summed E-state index contributed by atoms with van der Waals surface area (Å²) in [5, 5.41) is 0. The average Bonchev–Trinajstić information content (AvgIpc) is 1.82. The smallest absolute Gasteiger partial charge is 0.641 e. The van der Waals surface area contributed by atoms with Crippen LogP contribution in [0.3, 0.4) is 0 Å². The Balaban J connectivity index is -0.000000209. The van der Waals surface area contributed by atoms with Gasteiger partial charge in [0.2, 0.25) is 0 Å². The van der Waals surface area contributed by atoms with Crippen LogP contribution in [0.5, 0.6) is 0 Å². The van der Waals surface area contributed by atoms with E-state index in [9.17, 15) is 4.79 Å². The summed E-state index contributed by atoms with van der Waals surface area (Å²) in [6, 6.07) is 0. The second-order valence-electron chi connectivity index (χ2n) is 4.59. The summed E-state index contributed by atoms with van der Waals surface area (Å²) >= 11 is 0. The Kier molecular flexibility index (Phi) is 12.7. The van der Waals surface area contributed by atoms with Crippen molar-refractivity contribution in [2.75, 3.05) is 0 Å². The van der Waals surface area contributed by atoms with Crippen LogP contribution in [0.1, 0.15) is 41.5 Å². The van der Waals surface area contributed by atoms with E-state index in [1.54, 1.807) is 0 Å². The van der Waals surface area contributed by atoms with Crippen molar-refractivity contribution >= 4 is 5.91 Å². The third-order valence-corrected chi connectivity index (χ3v) is 0.929. The van der Waals surface area contributed by atoms with Crippen molar-refractivity contribution in [1.29, 1.82) is 0 Å². The minimum Gasteiger partial charge on any atom is -0.641 e. The summed E-state index contributed by atoms with van der Waals surface area (Å²) in [5.74, 6) is 1.36. The second kappa shape index (κ2) is 8.85. The fourth-order valence-electron chi connectivity index (χ4n) is 0.474. The first-order chi connectivity index (χ1) is 5.59. The molecule has 0 aromatic carbocycles. The van der Waals surface area contributed by atoms with E-state index in [4.69, 9.17) is 0 Å². The molecule has 3 heteroatoms. The Hall–Kier alpha value is 0.574. The second-order valence-corrected chi connectivity index (χ2v) is 4.59. The maximum Gasteiger partial charge on any atom is 3.00 e. The number of carbonyl (C=O) groups is 1. The summed E-state index contributed by atoms with van der Waals surface area (Å²) in [4.78, 5) is 12.1. The molecule has 0 aliphatic carbocycles. The molecule has 0 aliphatic heterocycles. The molecule has 0 spiro atoms. The van der Waals surface area contributed by atoms with Crippen molar-refractivity contribution in [3.63, 3.8) is 0 Å². The zero-order valence-electron chi connectivity index (χ0n) is 10.3. The van der Waals surface area contributed by atoms with Gasteiger partial charge in [-0.2, -0.15) is 20.8 Å². The molecule has 0 aromatic rings. The fourth-order valence-corrected chi connectivity index (χ4v) is 0.474. The molecule has 0 rings (SSSR count). The molecule has 80 valence electrons. The van der Waals surface area contributed by atoms with Gasteiger partial charge in [-0.15, -0.1) is 0 Å². The zero-order chi connectivity index (χ0) is 11.2. The predicted molar refractivity (Wildman–Crippen MR) is 57.3 cm³/mol. The maximum absolute atomic E-state index is 11.0. The molecule has 0 heterocycles. The van der Waals surface area contributed by atoms with Gasteiger partial charge >= 0.3 is 32.7 Å². The zero-order valence-corrected chi connectivity index (χ0v) is 13.2. The van der Waals surface area contributed by atoms with E-state index in [2.05, 4.69) is 34.9 Å². The Bertz CT molecular complexity index is 145. The quantitative estimate of drug-likeness (QED) is 0.621. The third-order valence-electron chi connectivity index (χ3n) is 0.929. The molecule has 0 aliphatic rings. The van der Waals surface area contributed by atoms with E-state index < -0.39 is 0 Å². The van der Waals surface area contributed by atoms with E-state index in [1.807, 2.05) is 20.8 Å². The first-order valence-electron chi connectivity index (χ1n) is 4.31. The van der Waals surface area contributed by atoms with Crippen LogP contribution in [0.15, 0.2) is 0 Å². The number of hydrogen-bond donors (Lipinski definition) is 0. The molecule has 0 atom stereocenters. The molecule has 14 heavy (non-hydrogen) atoms. The van der Waals surface area contributed by atoms with Gasteiger partial charge in [0.15, 0.2) is 5.91 Å². The van der Waals surface area contributed by atoms with Crippen molar-refractivity contribution in [2.24, 2.45) is 5.41 Å². The van der Waals surface area contributed by atoms with Crippen molar-refractivity contribution in [3.05, 3.63) is 20.0 Å². The molecule has 0 N–H and O–H groups in total. The van der Waals surface area contributed by atoms with Crippen LogP contribution in [-0.4, -0.2) is 10.8 Å². The standard InChI is InChI=1S/C7H13NO.C4H9.Y/c1-7(2,3)6(9)8(4)5;1-4(2)3;/h4-5H2,1-3H3;1-3H3;/q-2;-1;+3. The van der Waals surface area contributed by atoms with Gasteiger partial charge in [0, 0.05) is 5.41 Å². The van der Waals surface area contributed by atoms with Crippen molar-refractivity contribution in [2.45, 2.75) is 41.5 Å². The molecule has 1 amide bonds. The number of nitrogens with zero attached hydrogens (tertiary/aromatic N) is 1. The molecule has 0 bridgehead atoms. The monoisotopic (exact) mass is 273 g/mol. The summed E-state index contributed by atoms with van der Waals surface area (Å²) in [5.41, 5.74) is -0.358. The van der Waals surface area contributed by atoms with Gasteiger partial charge in [0.25, 0.3) is 0 Å². The molecule has 0 saturated heterocycles. The Labute approximate surface area is 115 Å². The van der Waals surface area contributed by atoms with Gasteiger partial charge in [-0.05, 0) is 0 Å². The van der Waals surface area contributed by atoms with E-state index in [0.717, 1.165) is 4.90 Å². The van der Waals surface area contributed by atoms with Crippen LogP contribution in [-0.2, 0) is 37.5 Å². The Morgan fingerprint density at radius 1 is 1.14 bits per heavy atom. The van der Waals surface area contributed by atoms with E-state index >= 15 is 0 Å². The van der Waals surface area contributed by atoms with Crippen LogP contribution >= 0.6 is 0 Å². The fraction of sp³-hybridized carbons (Fsp3) is 0.636. The van der Waals surface area contributed by atoms with Gasteiger partial charge in [0.1, 0.15) is 0 Å². The van der Waals surface area contributed by atoms with Crippen LogP contribution < -0.4 is 0 Å². The minimum atomic E-state index is -0.358. The number of hydrogen-bond acceptors (Lipinski definition) is 1. The van der Waals surface area contributed by atoms with E-state index in [1.165, 1.54) is 5.92 Å². The summed E-state index contributed by atoms with van der Waals surface area (Å²) in [6.07, 6.45) is 0. The number of amides is 1. The average molecular weight is 273 g/mol. The summed E-state index contributed by atoms with van der Waals surface area (Å²) in [6.45, 7) is 11.7. The Morgan fingerprint density at radius 2 is 1.36 bits per heavy atom. The normalized spacial score (nSPS) is 9.79. The van der Waals surface area contributed by atoms with Gasteiger partial charge in [-0.1, -0.05) is 20.8 Å². The largest absolute Gasteiger partial charge is 3.00 e. The van der Waals surface area contributed by atoms with Crippen LogP contribution in [0, 0.1) is 25.4 Å². The molecular formula is C11H22NOY. The topological polar surface area (TPSA) is 20.3 Å². The number of rotatable bonds is 0. The molecule has 0 unspecified atom stereocenters. The first kappa shape index (κ1) is 20.0. The van der Waals surface area contributed by atoms with Gasteiger partial charge < -0.3 is 10.8 Å². The summed E-state index contributed by atoms with van der Waals surface area (Å²) in [7, 11) is 6.76. The minimum absolute atomic E-state index is 0. The third kappa shape index (κ3) is 15.1. The number of carbonyl (C=O) groups excluding carboxylic acids is 1. The molecule has 0 radical (unpaired) electrons. The molecular weight excluding hydrogens is 251 g/mol. The van der Waals surface area contributed by atoms with Crippen LogP contribution in [0.2, 0.25) is 0 Å². The molecule has 2 nitrogen and oxygen atoms in total. The van der Waals surface area contributed by atoms with Crippen LogP contribution in [0.25, 0.3) is 0 Å².